The lowest BCUT2D eigenvalue weighted by Gasteiger charge is -2.34. The standard InChI is InChI=1S/C18H19Cl2FN6O/c1-9(2)16-23-18(28-26-16)13-7-14-17(25-24-13)22-5-6-27(14)8-10-11(19)3-4-12(21)15(10)20/h3-4,7,9,22,24-25H,5-6,8H2,1-2H3/p+1. The first kappa shape index (κ1) is 19.0. The normalized spacial score (nSPS) is 16.6. The van der Waals surface area contributed by atoms with E-state index in [1.807, 2.05) is 25.3 Å². The van der Waals surface area contributed by atoms with Gasteiger partial charge < -0.3 is 14.7 Å². The van der Waals surface area contributed by atoms with Gasteiger partial charge in [0.2, 0.25) is 5.70 Å². The van der Waals surface area contributed by atoms with Crippen LogP contribution < -0.4 is 16.2 Å². The van der Waals surface area contributed by atoms with Crippen molar-refractivity contribution in [3.05, 3.63) is 62.9 Å². The van der Waals surface area contributed by atoms with Crippen LogP contribution in [0, 0.1) is 5.82 Å². The number of allylic oxidation sites excluding steroid dienone is 1. The molecule has 3 heterocycles. The molecule has 1 aromatic carbocycles. The van der Waals surface area contributed by atoms with E-state index in [4.69, 9.17) is 27.7 Å². The average Bonchev–Trinajstić information content (AvgIpc) is 3.18. The van der Waals surface area contributed by atoms with Crippen molar-refractivity contribution in [2.24, 2.45) is 0 Å². The summed E-state index contributed by atoms with van der Waals surface area (Å²) in [7, 11) is 0. The SMILES string of the molecule is CC(C)c1noc(C2=CC3=C(NCCN3Cc3c(Cl)ccc(F)c3Cl)N[NH2+]2)n1. The van der Waals surface area contributed by atoms with Gasteiger partial charge in [0, 0.05) is 42.2 Å². The van der Waals surface area contributed by atoms with Gasteiger partial charge in [-0.15, -0.1) is 0 Å². The van der Waals surface area contributed by atoms with Gasteiger partial charge in [0.1, 0.15) is 5.82 Å². The van der Waals surface area contributed by atoms with Crippen molar-refractivity contribution in [1.29, 1.82) is 0 Å². The zero-order valence-corrected chi connectivity index (χ0v) is 16.9. The van der Waals surface area contributed by atoms with Gasteiger partial charge in [-0.2, -0.15) is 4.98 Å². The van der Waals surface area contributed by atoms with Crippen LogP contribution in [0.15, 0.2) is 34.2 Å². The molecule has 4 N–H and O–H groups in total. The molecule has 0 saturated heterocycles. The van der Waals surface area contributed by atoms with Crippen LogP contribution >= 0.6 is 23.2 Å². The van der Waals surface area contributed by atoms with Crippen molar-refractivity contribution in [3.8, 4) is 0 Å². The average molecular weight is 426 g/mol. The van der Waals surface area contributed by atoms with Gasteiger partial charge in [-0.1, -0.05) is 42.2 Å². The number of nitrogens with zero attached hydrogens (tertiary/aromatic N) is 3. The fourth-order valence-corrected chi connectivity index (χ4v) is 3.58. The van der Waals surface area contributed by atoms with Crippen molar-refractivity contribution in [1.82, 2.24) is 25.8 Å². The molecule has 4 rings (SSSR count). The van der Waals surface area contributed by atoms with Gasteiger partial charge in [0.25, 0.3) is 0 Å². The number of nitrogens with one attached hydrogen (secondary N) is 2. The minimum absolute atomic E-state index is 0.0474. The number of quaternary nitrogens is 1. The number of aromatic nitrogens is 2. The molecule has 10 heteroatoms. The second-order valence-corrected chi connectivity index (χ2v) is 7.72. The maximum absolute atomic E-state index is 13.9. The molecule has 148 valence electrons. The Bertz CT molecular complexity index is 971. The quantitative estimate of drug-likeness (QED) is 0.515. The molecule has 0 bridgehead atoms. The summed E-state index contributed by atoms with van der Waals surface area (Å²) in [6.45, 7) is 5.82. The largest absolute Gasteiger partial charge is 0.364 e. The summed E-state index contributed by atoms with van der Waals surface area (Å²) in [6, 6.07) is 2.79. The van der Waals surface area contributed by atoms with Crippen molar-refractivity contribution < 1.29 is 14.3 Å². The van der Waals surface area contributed by atoms with Crippen LogP contribution in [0.4, 0.5) is 4.39 Å². The number of hydrogen-bond donors (Lipinski definition) is 3. The van der Waals surface area contributed by atoms with Gasteiger partial charge >= 0.3 is 5.89 Å². The van der Waals surface area contributed by atoms with Gasteiger partial charge in [-0.05, 0) is 12.1 Å². The fraction of sp³-hybridized carbons (Fsp3) is 0.333. The summed E-state index contributed by atoms with van der Waals surface area (Å²) in [5.74, 6) is 1.64. The lowest BCUT2D eigenvalue weighted by Crippen LogP contribution is -2.92. The first-order valence-corrected chi connectivity index (χ1v) is 9.70. The van der Waals surface area contributed by atoms with E-state index in [2.05, 4.69) is 25.8 Å². The molecule has 0 aliphatic carbocycles. The molecule has 28 heavy (non-hydrogen) atoms. The van der Waals surface area contributed by atoms with E-state index >= 15 is 0 Å². The summed E-state index contributed by atoms with van der Waals surface area (Å²) < 4.78 is 19.3. The molecular formula is C18H20Cl2FN6O+. The van der Waals surface area contributed by atoms with Gasteiger partial charge in [0.15, 0.2) is 11.6 Å². The molecule has 1 aromatic heterocycles. The number of halogens is 3. The Hall–Kier alpha value is -2.29. The monoisotopic (exact) mass is 425 g/mol. The summed E-state index contributed by atoms with van der Waals surface area (Å²) in [5, 5.41) is 7.82. The van der Waals surface area contributed by atoms with E-state index < -0.39 is 5.82 Å². The highest BCUT2D eigenvalue weighted by molar-refractivity contribution is 6.36. The van der Waals surface area contributed by atoms with E-state index in [1.54, 1.807) is 0 Å². The fourth-order valence-electron chi connectivity index (χ4n) is 3.09. The Balaban J connectivity index is 1.65. The topological polar surface area (TPSA) is 82.8 Å². The van der Waals surface area contributed by atoms with Crippen LogP contribution in [-0.4, -0.2) is 28.1 Å². The third kappa shape index (κ3) is 3.55. The van der Waals surface area contributed by atoms with Crippen molar-refractivity contribution >= 4 is 28.9 Å². The molecular weight excluding hydrogens is 406 g/mol. The Morgan fingerprint density at radius 1 is 1.36 bits per heavy atom. The first-order chi connectivity index (χ1) is 13.4. The van der Waals surface area contributed by atoms with Gasteiger partial charge in [-0.25, -0.2) is 15.2 Å². The van der Waals surface area contributed by atoms with Crippen molar-refractivity contribution in [2.75, 3.05) is 13.1 Å². The first-order valence-electron chi connectivity index (χ1n) is 8.95. The molecule has 0 spiro atoms. The Morgan fingerprint density at radius 3 is 2.93 bits per heavy atom. The van der Waals surface area contributed by atoms with Crippen molar-refractivity contribution in [2.45, 2.75) is 26.3 Å². The second-order valence-electron chi connectivity index (χ2n) is 6.93. The Morgan fingerprint density at radius 2 is 2.18 bits per heavy atom. The predicted octanol–water partition coefficient (Wildman–Crippen LogP) is 2.34. The number of nitrogens with two attached hydrogens (primary N) is 1. The molecule has 0 atom stereocenters. The molecule has 7 nitrogen and oxygen atoms in total. The third-order valence-electron chi connectivity index (χ3n) is 4.64. The van der Waals surface area contributed by atoms with E-state index in [1.165, 1.54) is 12.1 Å². The molecule has 0 fully saturated rings. The van der Waals surface area contributed by atoms with Crippen LogP contribution in [0.3, 0.4) is 0 Å². The highest BCUT2D eigenvalue weighted by atomic mass is 35.5. The van der Waals surface area contributed by atoms with Crippen LogP contribution in [0.25, 0.3) is 5.70 Å². The van der Waals surface area contributed by atoms with Crippen molar-refractivity contribution in [3.63, 3.8) is 0 Å². The third-order valence-corrected chi connectivity index (χ3v) is 5.40. The summed E-state index contributed by atoms with van der Waals surface area (Å²) in [5.41, 5.74) is 7.26. The predicted molar refractivity (Wildman–Crippen MR) is 103 cm³/mol. The van der Waals surface area contributed by atoms with Gasteiger partial charge in [0.05, 0.1) is 10.7 Å². The van der Waals surface area contributed by atoms with E-state index in [-0.39, 0.29) is 10.9 Å². The summed E-state index contributed by atoms with van der Waals surface area (Å²) >= 11 is 12.4. The lowest BCUT2D eigenvalue weighted by molar-refractivity contribution is -0.621. The van der Waals surface area contributed by atoms with E-state index in [9.17, 15) is 4.39 Å². The second kappa shape index (κ2) is 7.62. The zero-order valence-electron chi connectivity index (χ0n) is 15.4. The van der Waals surface area contributed by atoms with E-state index in [0.29, 0.717) is 35.4 Å². The highest BCUT2D eigenvalue weighted by Crippen LogP contribution is 2.30. The van der Waals surface area contributed by atoms with E-state index in [0.717, 1.165) is 23.8 Å². The maximum Gasteiger partial charge on any atom is 0.314 e. The number of hydrogen-bond acceptors (Lipinski definition) is 6. The Kier molecular flexibility index (Phi) is 5.18. The summed E-state index contributed by atoms with van der Waals surface area (Å²) in [4.78, 5) is 6.53. The number of benzene rings is 1. The van der Waals surface area contributed by atoms with Crippen LogP contribution in [0.1, 0.15) is 37.0 Å². The smallest absolute Gasteiger partial charge is 0.314 e. The molecule has 2 aromatic rings. The summed E-state index contributed by atoms with van der Waals surface area (Å²) in [6.07, 6.45) is 1.96. The van der Waals surface area contributed by atoms with Gasteiger partial charge in [-0.3, -0.25) is 0 Å². The minimum Gasteiger partial charge on any atom is -0.364 e. The zero-order chi connectivity index (χ0) is 19.8. The van der Waals surface area contributed by atoms with Crippen LogP contribution in [-0.2, 0) is 6.54 Å². The Labute approximate surface area is 171 Å². The number of rotatable bonds is 4. The highest BCUT2D eigenvalue weighted by Gasteiger charge is 2.29. The van der Waals surface area contributed by atoms with Crippen LogP contribution in [0.5, 0.6) is 0 Å². The maximum atomic E-state index is 13.9. The molecule has 0 saturated carbocycles. The van der Waals surface area contributed by atoms with Crippen LogP contribution in [0.2, 0.25) is 10.0 Å². The molecule has 0 unspecified atom stereocenters. The molecule has 0 amide bonds. The molecule has 2 aliphatic heterocycles. The minimum atomic E-state index is -0.483. The lowest BCUT2D eigenvalue weighted by atomic mass is 10.1. The molecule has 2 aliphatic rings. The molecule has 0 radical (unpaired) electrons.